The van der Waals surface area contributed by atoms with E-state index in [9.17, 15) is 4.57 Å². The average molecular weight is 205 g/mol. The molecular formula is C5H13NNaO4P. The van der Waals surface area contributed by atoms with Crippen LogP contribution in [0.4, 0.5) is 0 Å². The van der Waals surface area contributed by atoms with E-state index in [4.69, 9.17) is 9.79 Å². The number of hydrogen-bond acceptors (Lipinski definition) is 3. The van der Waals surface area contributed by atoms with Crippen LogP contribution in [-0.2, 0) is 9.19 Å². The predicted octanol–water partition coefficient (Wildman–Crippen LogP) is -2.39. The van der Waals surface area contributed by atoms with E-state index in [0.29, 0.717) is 13.1 Å². The molecule has 1 saturated heterocycles. The zero-order chi connectivity index (χ0) is 8.32. The zero-order valence-electron chi connectivity index (χ0n) is 8.14. The van der Waals surface area contributed by atoms with Gasteiger partial charge < -0.3 is 11.2 Å². The molecule has 0 aromatic carbocycles. The number of hydroxylamine groups is 2. The van der Waals surface area contributed by atoms with E-state index in [0.717, 1.165) is 19.3 Å². The molecule has 0 saturated carbocycles. The Labute approximate surface area is 95.1 Å². The van der Waals surface area contributed by atoms with Crippen molar-refractivity contribution in [2.75, 3.05) is 13.1 Å². The molecule has 1 aliphatic rings. The Balaban J connectivity index is 0. The molecule has 2 N–H and O–H groups in total. The zero-order valence-corrected chi connectivity index (χ0v) is 10.0. The van der Waals surface area contributed by atoms with Gasteiger partial charge in [0.15, 0.2) is 0 Å². The molecule has 0 aliphatic carbocycles. The standard InChI is InChI=1S/C5H12NO4P.Na.H/c7-11(8,9)10-6-4-2-1-3-5-6;;/h1-5H2,(H2,7,8,9);;/q;+1;-1. The maximum absolute atomic E-state index is 10.3. The average Bonchev–Trinajstić information content (AvgIpc) is 1.85. The molecule has 1 rings (SSSR count). The van der Waals surface area contributed by atoms with Crippen LogP contribution in [0.15, 0.2) is 0 Å². The molecule has 0 aromatic heterocycles. The van der Waals surface area contributed by atoms with Gasteiger partial charge in [0.1, 0.15) is 0 Å². The second kappa shape index (κ2) is 5.73. The van der Waals surface area contributed by atoms with Gasteiger partial charge in [0.2, 0.25) is 0 Å². The van der Waals surface area contributed by atoms with Gasteiger partial charge in [-0.2, -0.15) is 9.69 Å². The normalized spacial score (nSPS) is 20.2. The van der Waals surface area contributed by atoms with Gasteiger partial charge in [-0.05, 0) is 12.8 Å². The topological polar surface area (TPSA) is 70.0 Å². The Morgan fingerprint density at radius 2 is 1.75 bits per heavy atom. The fraction of sp³-hybridized carbons (Fsp3) is 1.00. The van der Waals surface area contributed by atoms with Crippen LogP contribution in [-0.4, -0.2) is 27.9 Å². The summed E-state index contributed by atoms with van der Waals surface area (Å²) in [4.78, 5) is 16.8. The molecule has 1 aliphatic heterocycles. The van der Waals surface area contributed by atoms with E-state index in [1.165, 1.54) is 5.06 Å². The molecule has 0 spiro atoms. The van der Waals surface area contributed by atoms with E-state index in [-0.39, 0.29) is 31.0 Å². The van der Waals surface area contributed by atoms with Crippen molar-refractivity contribution in [3.63, 3.8) is 0 Å². The smallest absolute Gasteiger partial charge is 1.00 e. The van der Waals surface area contributed by atoms with Gasteiger partial charge >= 0.3 is 37.4 Å². The summed E-state index contributed by atoms with van der Waals surface area (Å²) in [6.07, 6.45) is 3.00. The van der Waals surface area contributed by atoms with Crippen molar-refractivity contribution in [3.05, 3.63) is 0 Å². The minimum absolute atomic E-state index is 0. The van der Waals surface area contributed by atoms with Crippen LogP contribution in [0.2, 0.25) is 0 Å². The van der Waals surface area contributed by atoms with Gasteiger partial charge in [0, 0.05) is 13.1 Å². The van der Waals surface area contributed by atoms with Gasteiger partial charge in [-0.3, -0.25) is 0 Å². The van der Waals surface area contributed by atoms with Crippen LogP contribution in [0.5, 0.6) is 0 Å². The van der Waals surface area contributed by atoms with E-state index in [1.807, 2.05) is 0 Å². The Hall–Kier alpha value is 1.07. The molecule has 0 amide bonds. The molecule has 0 radical (unpaired) electrons. The van der Waals surface area contributed by atoms with E-state index < -0.39 is 7.82 Å². The number of nitrogens with zero attached hydrogens (tertiary/aromatic N) is 1. The molecule has 0 aromatic rings. The summed E-state index contributed by atoms with van der Waals surface area (Å²) in [6.45, 7) is 1.23. The van der Waals surface area contributed by atoms with Crippen molar-refractivity contribution < 1.29 is 50.0 Å². The SMILES string of the molecule is O=P(O)(O)ON1CCCCC1.[H-].[Na+]. The van der Waals surface area contributed by atoms with E-state index in [2.05, 4.69) is 4.62 Å². The summed E-state index contributed by atoms with van der Waals surface area (Å²) >= 11 is 0. The van der Waals surface area contributed by atoms with Crippen molar-refractivity contribution >= 4 is 7.82 Å². The second-order valence-electron chi connectivity index (χ2n) is 2.56. The van der Waals surface area contributed by atoms with Crippen LogP contribution in [0, 0.1) is 0 Å². The molecule has 12 heavy (non-hydrogen) atoms. The Morgan fingerprint density at radius 3 is 2.17 bits per heavy atom. The molecule has 68 valence electrons. The molecule has 1 heterocycles. The van der Waals surface area contributed by atoms with Gasteiger partial charge in [-0.15, -0.1) is 0 Å². The van der Waals surface area contributed by atoms with Gasteiger partial charge in [-0.1, -0.05) is 6.42 Å². The van der Waals surface area contributed by atoms with Crippen LogP contribution in [0.1, 0.15) is 20.7 Å². The van der Waals surface area contributed by atoms with Crippen LogP contribution in [0.3, 0.4) is 0 Å². The third-order valence-corrected chi connectivity index (χ3v) is 1.98. The van der Waals surface area contributed by atoms with Crippen molar-refractivity contribution in [2.24, 2.45) is 0 Å². The number of hydrogen-bond donors (Lipinski definition) is 2. The summed E-state index contributed by atoms with van der Waals surface area (Å²) < 4.78 is 14.7. The number of piperidine rings is 1. The van der Waals surface area contributed by atoms with Gasteiger partial charge in [0.05, 0.1) is 0 Å². The maximum Gasteiger partial charge on any atom is 1.00 e. The van der Waals surface area contributed by atoms with Gasteiger partial charge in [-0.25, -0.2) is 4.57 Å². The molecule has 1 fully saturated rings. The third kappa shape index (κ3) is 5.67. The fourth-order valence-corrected chi connectivity index (χ4v) is 1.56. The molecule has 0 bridgehead atoms. The van der Waals surface area contributed by atoms with E-state index >= 15 is 0 Å². The van der Waals surface area contributed by atoms with Crippen LogP contribution >= 0.6 is 7.82 Å². The monoisotopic (exact) mass is 205 g/mol. The molecule has 5 nitrogen and oxygen atoms in total. The second-order valence-corrected chi connectivity index (χ2v) is 3.71. The van der Waals surface area contributed by atoms with Crippen molar-refractivity contribution in [2.45, 2.75) is 19.3 Å². The van der Waals surface area contributed by atoms with Crippen molar-refractivity contribution in [3.8, 4) is 0 Å². The Morgan fingerprint density at radius 1 is 1.25 bits per heavy atom. The predicted molar refractivity (Wildman–Crippen MR) is 39.7 cm³/mol. The maximum atomic E-state index is 10.3. The quantitative estimate of drug-likeness (QED) is 0.389. The van der Waals surface area contributed by atoms with Gasteiger partial charge in [0.25, 0.3) is 0 Å². The third-order valence-electron chi connectivity index (χ3n) is 1.54. The number of rotatable bonds is 2. The van der Waals surface area contributed by atoms with Crippen molar-refractivity contribution in [1.82, 2.24) is 5.06 Å². The summed E-state index contributed by atoms with van der Waals surface area (Å²) in [5.74, 6) is 0. The molecule has 0 unspecified atom stereocenters. The first kappa shape index (κ1) is 13.1. The minimum Gasteiger partial charge on any atom is -1.00 e. The Kier molecular flexibility index (Phi) is 6.24. The minimum atomic E-state index is -4.31. The number of phosphoric acid groups is 1. The fourth-order valence-electron chi connectivity index (χ4n) is 1.10. The first-order valence-corrected chi connectivity index (χ1v) is 5.11. The summed E-state index contributed by atoms with van der Waals surface area (Å²) in [7, 11) is -4.31. The van der Waals surface area contributed by atoms with Crippen molar-refractivity contribution in [1.29, 1.82) is 0 Å². The molecule has 0 atom stereocenters. The first-order chi connectivity index (χ1) is 5.08. The summed E-state index contributed by atoms with van der Waals surface area (Å²) in [6, 6.07) is 0. The first-order valence-electron chi connectivity index (χ1n) is 3.58. The molecular weight excluding hydrogens is 192 g/mol. The van der Waals surface area contributed by atoms with Crippen LogP contribution in [0.25, 0.3) is 0 Å². The Bertz CT molecular complexity index is 172. The molecule has 7 heteroatoms. The summed E-state index contributed by atoms with van der Waals surface area (Å²) in [5.41, 5.74) is 0. The largest absolute Gasteiger partial charge is 1.00 e. The summed E-state index contributed by atoms with van der Waals surface area (Å²) in [5, 5.41) is 1.34. The van der Waals surface area contributed by atoms with Crippen LogP contribution < -0.4 is 29.6 Å². The van der Waals surface area contributed by atoms with E-state index in [1.54, 1.807) is 0 Å².